The fourth-order valence-corrected chi connectivity index (χ4v) is 1.87. The molecule has 1 amide bonds. The summed E-state index contributed by atoms with van der Waals surface area (Å²) in [7, 11) is 0. The average molecular weight is 292 g/mol. The van der Waals surface area contributed by atoms with Crippen LogP contribution in [0.4, 0.5) is 8.78 Å². The smallest absolute Gasteiger partial charge is 0.238 e. The van der Waals surface area contributed by atoms with Crippen LogP contribution in [0, 0.1) is 11.6 Å². The van der Waals surface area contributed by atoms with Crippen LogP contribution >= 0.6 is 0 Å². The summed E-state index contributed by atoms with van der Waals surface area (Å²) in [6.07, 6.45) is 0.105. The number of nitrogens with two attached hydrogens (primary N) is 1. The highest BCUT2D eigenvalue weighted by molar-refractivity contribution is 5.78. The molecule has 3 N–H and O–H groups in total. The van der Waals surface area contributed by atoms with Crippen molar-refractivity contribution in [3.63, 3.8) is 0 Å². The summed E-state index contributed by atoms with van der Waals surface area (Å²) in [5, 5.41) is 0. The number of ether oxygens (including phenoxy) is 1. The lowest BCUT2D eigenvalue weighted by Gasteiger charge is -2.11. The lowest BCUT2D eigenvalue weighted by atomic mass is 10.1. The van der Waals surface area contributed by atoms with Gasteiger partial charge in [0.2, 0.25) is 5.91 Å². The van der Waals surface area contributed by atoms with Crippen LogP contribution in [0.1, 0.15) is 11.1 Å². The maximum absolute atomic E-state index is 13.1. The van der Waals surface area contributed by atoms with Crippen molar-refractivity contribution in [2.24, 2.45) is 5.84 Å². The van der Waals surface area contributed by atoms with E-state index in [0.29, 0.717) is 0 Å². The predicted octanol–water partition coefficient (Wildman–Crippen LogP) is 2.08. The number of carbonyl (C=O) groups is 1. The van der Waals surface area contributed by atoms with Crippen molar-refractivity contribution in [3.05, 3.63) is 65.2 Å². The maximum Gasteiger partial charge on any atom is 0.238 e. The van der Waals surface area contributed by atoms with E-state index in [0.717, 1.165) is 29.3 Å². The predicted molar refractivity (Wildman–Crippen MR) is 73.2 cm³/mol. The van der Waals surface area contributed by atoms with E-state index in [1.54, 1.807) is 24.3 Å². The summed E-state index contributed by atoms with van der Waals surface area (Å²) < 4.78 is 31.5. The second-order valence-corrected chi connectivity index (χ2v) is 4.41. The molecule has 0 atom stereocenters. The lowest BCUT2D eigenvalue weighted by molar-refractivity contribution is -0.120. The Morgan fingerprint density at radius 2 is 1.71 bits per heavy atom. The van der Waals surface area contributed by atoms with Gasteiger partial charge in [0.05, 0.1) is 6.42 Å². The molecule has 0 radical (unpaired) electrons. The van der Waals surface area contributed by atoms with Gasteiger partial charge in [-0.3, -0.25) is 10.2 Å². The number of halogens is 2. The Morgan fingerprint density at radius 3 is 2.33 bits per heavy atom. The van der Waals surface area contributed by atoms with Crippen LogP contribution in [0.5, 0.6) is 5.75 Å². The minimum Gasteiger partial charge on any atom is -0.489 e. The summed E-state index contributed by atoms with van der Waals surface area (Å²) in [5.41, 5.74) is 3.53. The van der Waals surface area contributed by atoms with Crippen LogP contribution in [0.15, 0.2) is 42.5 Å². The first-order valence-corrected chi connectivity index (χ1v) is 6.23. The van der Waals surface area contributed by atoms with Crippen LogP contribution in [-0.2, 0) is 17.8 Å². The minimum atomic E-state index is -0.708. The van der Waals surface area contributed by atoms with Gasteiger partial charge in [-0.2, -0.15) is 0 Å². The first-order valence-electron chi connectivity index (χ1n) is 6.23. The molecule has 0 saturated heterocycles. The third-order valence-corrected chi connectivity index (χ3v) is 2.86. The summed E-state index contributed by atoms with van der Waals surface area (Å²) in [6, 6.07) is 10.1. The van der Waals surface area contributed by atoms with Gasteiger partial charge in [-0.25, -0.2) is 14.6 Å². The Morgan fingerprint density at radius 1 is 1.10 bits per heavy atom. The Kier molecular flexibility index (Phi) is 4.84. The monoisotopic (exact) mass is 292 g/mol. The summed E-state index contributed by atoms with van der Waals surface area (Å²) in [5.74, 6) is 3.39. The number of hydrogen-bond donors (Lipinski definition) is 2. The first-order chi connectivity index (χ1) is 10.1. The zero-order valence-electron chi connectivity index (χ0n) is 11.1. The number of hydrazine groups is 1. The molecule has 0 saturated carbocycles. The van der Waals surface area contributed by atoms with Crippen LogP contribution in [0.3, 0.4) is 0 Å². The topological polar surface area (TPSA) is 64.3 Å². The molecule has 0 aliphatic heterocycles. The van der Waals surface area contributed by atoms with E-state index in [9.17, 15) is 13.6 Å². The SMILES string of the molecule is NNC(=O)Cc1ccccc1COc1cc(F)cc(F)c1. The number of amides is 1. The molecule has 0 aliphatic rings. The van der Waals surface area contributed by atoms with Gasteiger partial charge in [0.1, 0.15) is 24.0 Å². The number of rotatable bonds is 5. The Hall–Kier alpha value is -2.47. The van der Waals surface area contributed by atoms with E-state index >= 15 is 0 Å². The van der Waals surface area contributed by atoms with E-state index in [-0.39, 0.29) is 24.7 Å². The summed E-state index contributed by atoms with van der Waals surface area (Å²) >= 11 is 0. The average Bonchev–Trinajstić information content (AvgIpc) is 2.45. The van der Waals surface area contributed by atoms with Crippen LogP contribution in [0.25, 0.3) is 0 Å². The zero-order valence-corrected chi connectivity index (χ0v) is 11.1. The van der Waals surface area contributed by atoms with E-state index in [2.05, 4.69) is 5.43 Å². The van der Waals surface area contributed by atoms with E-state index in [1.165, 1.54) is 0 Å². The third-order valence-electron chi connectivity index (χ3n) is 2.86. The molecule has 0 unspecified atom stereocenters. The molecule has 0 spiro atoms. The molecule has 2 aromatic carbocycles. The van der Waals surface area contributed by atoms with Crippen molar-refractivity contribution in [2.75, 3.05) is 0 Å². The van der Waals surface area contributed by atoms with Crippen molar-refractivity contribution in [1.29, 1.82) is 0 Å². The van der Waals surface area contributed by atoms with Gasteiger partial charge in [-0.05, 0) is 11.1 Å². The minimum absolute atomic E-state index is 0.0885. The summed E-state index contributed by atoms with van der Waals surface area (Å²) in [4.78, 5) is 11.3. The van der Waals surface area contributed by atoms with Crippen molar-refractivity contribution in [3.8, 4) is 5.75 Å². The van der Waals surface area contributed by atoms with Gasteiger partial charge in [0, 0.05) is 18.2 Å². The highest BCUT2D eigenvalue weighted by atomic mass is 19.1. The molecule has 0 heterocycles. The van der Waals surface area contributed by atoms with E-state index < -0.39 is 11.6 Å². The van der Waals surface area contributed by atoms with Crippen LogP contribution < -0.4 is 16.0 Å². The standard InChI is InChI=1S/C15H14F2N2O2/c16-12-6-13(17)8-14(7-12)21-9-11-4-2-1-3-10(11)5-15(20)19-18/h1-4,6-8H,5,9,18H2,(H,19,20). The van der Waals surface area contributed by atoms with Crippen molar-refractivity contribution >= 4 is 5.91 Å². The van der Waals surface area contributed by atoms with E-state index in [4.69, 9.17) is 10.6 Å². The molecule has 110 valence electrons. The Balaban J connectivity index is 2.10. The quantitative estimate of drug-likeness (QED) is 0.504. The first kappa shape index (κ1) is 14.9. The van der Waals surface area contributed by atoms with E-state index in [1.807, 2.05) is 0 Å². The van der Waals surface area contributed by atoms with Crippen molar-refractivity contribution < 1.29 is 18.3 Å². The highest BCUT2D eigenvalue weighted by Crippen LogP contribution is 2.18. The molecule has 21 heavy (non-hydrogen) atoms. The Bertz CT molecular complexity index is 627. The Labute approximate surface area is 120 Å². The van der Waals surface area contributed by atoms with Crippen LogP contribution in [0.2, 0.25) is 0 Å². The highest BCUT2D eigenvalue weighted by Gasteiger charge is 2.08. The largest absolute Gasteiger partial charge is 0.489 e. The van der Waals surface area contributed by atoms with Crippen LogP contribution in [-0.4, -0.2) is 5.91 Å². The zero-order chi connectivity index (χ0) is 15.2. The molecular weight excluding hydrogens is 278 g/mol. The number of benzene rings is 2. The molecule has 2 aromatic rings. The van der Waals surface area contributed by atoms with Crippen molar-refractivity contribution in [1.82, 2.24) is 5.43 Å². The lowest BCUT2D eigenvalue weighted by Crippen LogP contribution is -2.31. The molecule has 6 heteroatoms. The maximum atomic E-state index is 13.1. The molecular formula is C15H14F2N2O2. The molecule has 0 aromatic heterocycles. The molecule has 2 rings (SSSR count). The fourth-order valence-electron chi connectivity index (χ4n) is 1.87. The molecule has 4 nitrogen and oxygen atoms in total. The molecule has 0 fully saturated rings. The summed E-state index contributed by atoms with van der Waals surface area (Å²) in [6.45, 7) is 0.0942. The third kappa shape index (κ3) is 4.25. The van der Waals surface area contributed by atoms with Gasteiger partial charge in [-0.1, -0.05) is 24.3 Å². The van der Waals surface area contributed by atoms with Gasteiger partial charge in [0.15, 0.2) is 0 Å². The number of hydrogen-bond acceptors (Lipinski definition) is 3. The van der Waals surface area contributed by atoms with Crippen molar-refractivity contribution in [2.45, 2.75) is 13.0 Å². The number of carbonyl (C=O) groups excluding carboxylic acids is 1. The number of nitrogens with one attached hydrogen (secondary N) is 1. The normalized spacial score (nSPS) is 10.2. The molecule has 0 aliphatic carbocycles. The van der Waals surface area contributed by atoms with Gasteiger partial charge < -0.3 is 4.74 Å². The van der Waals surface area contributed by atoms with Gasteiger partial charge in [-0.15, -0.1) is 0 Å². The second-order valence-electron chi connectivity index (χ2n) is 4.41. The fraction of sp³-hybridized carbons (Fsp3) is 0.133. The second kappa shape index (κ2) is 6.81. The molecule has 0 bridgehead atoms. The van der Waals surface area contributed by atoms with Gasteiger partial charge in [0.25, 0.3) is 0 Å². The van der Waals surface area contributed by atoms with Gasteiger partial charge >= 0.3 is 0 Å².